The SMILES string of the molecule is CNC(=O)c1c(-c2ccc(C)cc2)oc2cc(N(C)S(C)(=O)=O)c(-c3cccc(-c4nc5ncccc5o4)n3)cc12. The highest BCUT2D eigenvalue weighted by Crippen LogP contribution is 2.41. The highest BCUT2D eigenvalue weighted by Gasteiger charge is 2.26. The van der Waals surface area contributed by atoms with Crippen molar-refractivity contribution >= 4 is 43.8 Å². The molecule has 0 radical (unpaired) electrons. The van der Waals surface area contributed by atoms with Crippen molar-refractivity contribution in [2.75, 3.05) is 24.7 Å². The predicted molar refractivity (Wildman–Crippen MR) is 157 cm³/mol. The van der Waals surface area contributed by atoms with E-state index in [-0.39, 0.29) is 11.8 Å². The summed E-state index contributed by atoms with van der Waals surface area (Å²) in [6.07, 6.45) is 2.74. The summed E-state index contributed by atoms with van der Waals surface area (Å²) in [7, 11) is -0.664. The van der Waals surface area contributed by atoms with Crippen LogP contribution in [0, 0.1) is 6.92 Å². The van der Waals surface area contributed by atoms with Gasteiger partial charge < -0.3 is 14.2 Å². The molecule has 4 heterocycles. The number of carbonyl (C=O) groups is 1. The number of amides is 1. The van der Waals surface area contributed by atoms with Gasteiger partial charge in [0.1, 0.15) is 17.0 Å². The minimum absolute atomic E-state index is 0.274. The Kier molecular flexibility index (Phi) is 6.30. The molecule has 0 saturated carbocycles. The van der Waals surface area contributed by atoms with Gasteiger partial charge in [-0.25, -0.2) is 18.4 Å². The number of benzene rings is 2. The maximum Gasteiger partial charge on any atom is 0.255 e. The fraction of sp³-hybridized carbons (Fsp3) is 0.133. The summed E-state index contributed by atoms with van der Waals surface area (Å²) in [6, 6.07) is 19.8. The highest BCUT2D eigenvalue weighted by atomic mass is 32.2. The first-order valence-electron chi connectivity index (χ1n) is 12.7. The Morgan fingerprint density at radius 1 is 0.927 bits per heavy atom. The molecule has 41 heavy (non-hydrogen) atoms. The van der Waals surface area contributed by atoms with E-state index in [1.807, 2.05) is 31.2 Å². The lowest BCUT2D eigenvalue weighted by Crippen LogP contribution is -2.25. The first-order chi connectivity index (χ1) is 19.6. The molecule has 0 aliphatic heterocycles. The van der Waals surface area contributed by atoms with Crippen molar-refractivity contribution in [1.29, 1.82) is 0 Å². The minimum Gasteiger partial charge on any atom is -0.455 e. The standard InChI is InChI=1S/C30H25N5O5S/c1-17-10-12-18(13-11-17)27-26(29(36)31-2)20-15-19(23(16-25(20)39-27)35(3)41(4,37)38)21-7-5-8-22(33-21)30-34-28-24(40-30)9-6-14-32-28/h5-16H,1-4H3,(H,31,36). The van der Waals surface area contributed by atoms with Crippen LogP contribution in [0.3, 0.4) is 0 Å². The van der Waals surface area contributed by atoms with Crippen LogP contribution in [0.25, 0.3) is 56.4 Å². The van der Waals surface area contributed by atoms with Crippen molar-refractivity contribution in [2.45, 2.75) is 6.92 Å². The molecule has 0 fully saturated rings. The molecule has 0 aliphatic carbocycles. The molecule has 0 atom stereocenters. The van der Waals surface area contributed by atoms with Crippen LogP contribution in [-0.4, -0.2) is 49.6 Å². The third-order valence-corrected chi connectivity index (χ3v) is 8.01. The molecule has 0 saturated heterocycles. The number of furan rings is 1. The lowest BCUT2D eigenvalue weighted by molar-refractivity contribution is 0.0964. The van der Waals surface area contributed by atoms with Gasteiger partial charge in [0, 0.05) is 42.9 Å². The Morgan fingerprint density at radius 2 is 1.68 bits per heavy atom. The van der Waals surface area contributed by atoms with Crippen molar-refractivity contribution in [3.8, 4) is 34.2 Å². The summed E-state index contributed by atoms with van der Waals surface area (Å²) < 4.78 is 38.7. The van der Waals surface area contributed by atoms with Crippen LogP contribution >= 0.6 is 0 Å². The van der Waals surface area contributed by atoms with E-state index in [4.69, 9.17) is 13.8 Å². The van der Waals surface area contributed by atoms with Gasteiger partial charge >= 0.3 is 0 Å². The Bertz CT molecular complexity index is 2030. The number of nitrogens with zero attached hydrogens (tertiary/aromatic N) is 4. The van der Waals surface area contributed by atoms with Crippen molar-refractivity contribution in [3.63, 3.8) is 0 Å². The summed E-state index contributed by atoms with van der Waals surface area (Å²) in [6.45, 7) is 1.97. The quantitative estimate of drug-likeness (QED) is 0.282. The largest absolute Gasteiger partial charge is 0.455 e. The molecule has 6 aromatic rings. The van der Waals surface area contributed by atoms with Gasteiger partial charge in [-0.05, 0) is 37.3 Å². The average Bonchev–Trinajstić information content (AvgIpc) is 3.57. The van der Waals surface area contributed by atoms with E-state index in [2.05, 4.69) is 15.3 Å². The number of nitrogens with one attached hydrogen (secondary N) is 1. The number of carbonyl (C=O) groups excluding carboxylic acids is 1. The monoisotopic (exact) mass is 567 g/mol. The zero-order chi connectivity index (χ0) is 28.9. The van der Waals surface area contributed by atoms with Gasteiger partial charge in [0.05, 0.1) is 23.2 Å². The molecule has 10 nitrogen and oxygen atoms in total. The summed E-state index contributed by atoms with van der Waals surface area (Å²) >= 11 is 0. The van der Waals surface area contributed by atoms with Gasteiger partial charge in [-0.2, -0.15) is 4.98 Å². The molecule has 4 aromatic heterocycles. The summed E-state index contributed by atoms with van der Waals surface area (Å²) in [5.41, 5.74) is 5.13. The van der Waals surface area contributed by atoms with E-state index in [9.17, 15) is 13.2 Å². The van der Waals surface area contributed by atoms with Crippen LogP contribution in [0.2, 0.25) is 0 Å². The number of sulfonamides is 1. The number of pyridine rings is 2. The molecule has 206 valence electrons. The fourth-order valence-electron chi connectivity index (χ4n) is 4.62. The molecular weight excluding hydrogens is 542 g/mol. The number of rotatable bonds is 6. The number of aryl methyl sites for hydroxylation is 1. The van der Waals surface area contributed by atoms with Gasteiger partial charge in [-0.3, -0.25) is 9.10 Å². The molecule has 0 bridgehead atoms. The van der Waals surface area contributed by atoms with E-state index in [0.29, 0.717) is 56.2 Å². The first-order valence-corrected chi connectivity index (χ1v) is 14.5. The Hall–Kier alpha value is -5.03. The molecule has 2 aromatic carbocycles. The predicted octanol–water partition coefficient (Wildman–Crippen LogP) is 5.43. The van der Waals surface area contributed by atoms with E-state index in [1.165, 1.54) is 7.05 Å². The van der Waals surface area contributed by atoms with E-state index < -0.39 is 10.0 Å². The molecule has 0 aliphatic rings. The molecule has 1 amide bonds. The second-order valence-electron chi connectivity index (χ2n) is 9.60. The number of oxazole rings is 1. The summed E-state index contributed by atoms with van der Waals surface area (Å²) in [5, 5.41) is 3.21. The van der Waals surface area contributed by atoms with E-state index in [0.717, 1.165) is 21.7 Å². The zero-order valence-corrected chi connectivity index (χ0v) is 23.5. The zero-order valence-electron chi connectivity index (χ0n) is 22.7. The third kappa shape index (κ3) is 4.70. The van der Waals surface area contributed by atoms with E-state index in [1.54, 1.807) is 55.7 Å². The van der Waals surface area contributed by atoms with Crippen molar-refractivity contribution in [2.24, 2.45) is 0 Å². The third-order valence-electron chi connectivity index (χ3n) is 6.82. The lowest BCUT2D eigenvalue weighted by Gasteiger charge is -2.20. The van der Waals surface area contributed by atoms with Crippen molar-refractivity contribution < 1.29 is 22.0 Å². The second kappa shape index (κ2) is 9.86. The molecular formula is C30H25N5O5S. The lowest BCUT2D eigenvalue weighted by atomic mass is 10.00. The highest BCUT2D eigenvalue weighted by molar-refractivity contribution is 7.92. The smallest absolute Gasteiger partial charge is 0.255 e. The van der Waals surface area contributed by atoms with Crippen molar-refractivity contribution in [3.05, 3.63) is 84.1 Å². The molecule has 6 rings (SSSR count). The average molecular weight is 568 g/mol. The number of hydrogen-bond acceptors (Lipinski definition) is 8. The van der Waals surface area contributed by atoms with Crippen LogP contribution in [0.1, 0.15) is 15.9 Å². The number of fused-ring (bicyclic) bond motifs is 2. The van der Waals surface area contributed by atoms with Crippen LogP contribution in [0.15, 0.2) is 81.8 Å². The Labute approximate surface area is 235 Å². The molecule has 11 heteroatoms. The second-order valence-corrected chi connectivity index (χ2v) is 11.6. The van der Waals surface area contributed by atoms with Gasteiger partial charge in [-0.1, -0.05) is 35.9 Å². The maximum absolute atomic E-state index is 13.2. The summed E-state index contributed by atoms with van der Waals surface area (Å²) in [5.74, 6) is 0.316. The molecule has 0 spiro atoms. The minimum atomic E-state index is -3.67. The number of aromatic nitrogens is 3. The fourth-order valence-corrected chi connectivity index (χ4v) is 5.13. The van der Waals surface area contributed by atoms with Crippen LogP contribution < -0.4 is 9.62 Å². The number of anilines is 1. The number of hydrogen-bond donors (Lipinski definition) is 1. The van der Waals surface area contributed by atoms with Crippen LogP contribution in [-0.2, 0) is 10.0 Å². The van der Waals surface area contributed by atoms with Gasteiger partial charge in [0.15, 0.2) is 11.2 Å². The van der Waals surface area contributed by atoms with Gasteiger partial charge in [0.2, 0.25) is 15.9 Å². The van der Waals surface area contributed by atoms with Crippen molar-refractivity contribution in [1.82, 2.24) is 20.3 Å². The topological polar surface area (TPSA) is 131 Å². The molecule has 1 N–H and O–H groups in total. The maximum atomic E-state index is 13.2. The van der Waals surface area contributed by atoms with Crippen LogP contribution in [0.5, 0.6) is 0 Å². The Morgan fingerprint density at radius 3 is 2.39 bits per heavy atom. The van der Waals surface area contributed by atoms with Gasteiger partial charge in [-0.15, -0.1) is 0 Å². The molecule has 0 unspecified atom stereocenters. The normalized spacial score (nSPS) is 11.7. The van der Waals surface area contributed by atoms with Gasteiger partial charge in [0.25, 0.3) is 5.91 Å². The first kappa shape index (κ1) is 26.2. The van der Waals surface area contributed by atoms with Crippen LogP contribution in [0.4, 0.5) is 5.69 Å². The Balaban J connectivity index is 1.61. The van der Waals surface area contributed by atoms with E-state index >= 15 is 0 Å². The summed E-state index contributed by atoms with van der Waals surface area (Å²) in [4.78, 5) is 26.6.